The summed E-state index contributed by atoms with van der Waals surface area (Å²) in [5.74, 6) is 0. The van der Waals surface area contributed by atoms with Crippen LogP contribution in [-0.4, -0.2) is 0 Å². The van der Waals surface area contributed by atoms with E-state index >= 15 is 0 Å². The van der Waals surface area contributed by atoms with Gasteiger partial charge in [0.2, 0.25) is 0 Å². The van der Waals surface area contributed by atoms with Crippen molar-refractivity contribution in [3.05, 3.63) is 273 Å². The van der Waals surface area contributed by atoms with Crippen molar-refractivity contribution in [3.63, 3.8) is 0 Å². The van der Waals surface area contributed by atoms with Crippen LogP contribution in [0.5, 0.6) is 0 Å². The third-order valence-corrected chi connectivity index (χ3v) is 17.8. The van der Waals surface area contributed by atoms with Crippen LogP contribution in [0, 0.1) is 0 Å². The van der Waals surface area contributed by atoms with Gasteiger partial charge in [-0.15, -0.1) is 0 Å². The van der Waals surface area contributed by atoms with Crippen LogP contribution in [0.2, 0.25) is 0 Å². The maximum atomic E-state index is 2.24. The van der Waals surface area contributed by atoms with E-state index in [1.165, 1.54) is 47.7 Å². The predicted molar refractivity (Wildman–Crippen MR) is 260 cm³/mol. The molecule has 0 spiro atoms. The Balaban J connectivity index is 0.000000236. The molecule has 0 aliphatic rings. The Morgan fingerprint density at radius 3 is 0.311 bits per heavy atom. The molecule has 1 radical (unpaired) electrons. The fraction of sp³-hybridized carbons (Fsp3) is 0. The summed E-state index contributed by atoms with van der Waals surface area (Å²) in [7, 11) is -2.63. The van der Waals surface area contributed by atoms with E-state index in [-0.39, 0.29) is 56.7 Å². The van der Waals surface area contributed by atoms with Crippen LogP contribution in [0.15, 0.2) is 273 Å². The maximum absolute atomic E-state index is 2.24. The second-order valence-corrected chi connectivity index (χ2v) is 20.9. The molecule has 0 saturated carbocycles. The van der Waals surface area contributed by atoms with Gasteiger partial charge in [-0.2, -0.15) is 0 Å². The fourth-order valence-electron chi connectivity index (χ4n) is 6.94. The topological polar surface area (TPSA) is 0 Å². The molecule has 0 aliphatic heterocycles. The number of halogens is 3. The van der Waals surface area contributed by atoms with E-state index < -0.39 is 23.8 Å². The smallest absolute Gasteiger partial charge is 0.102 e. The number of rotatable bonds is 9. The van der Waals surface area contributed by atoms with Gasteiger partial charge in [-0.3, -0.25) is 0 Å². The van der Waals surface area contributed by atoms with E-state index in [0.717, 1.165) is 0 Å². The van der Waals surface area contributed by atoms with E-state index in [9.17, 15) is 0 Å². The van der Waals surface area contributed by atoms with E-state index in [0.29, 0.717) is 0 Å². The van der Waals surface area contributed by atoms with Crippen LogP contribution >= 0.6 is 23.8 Å². The SMILES string of the molecule is [Cl-].[Cl-].[Cl-].[Rh].c1ccc([PH+](c2ccccc2)c2ccccc2)cc1.c1ccc([PH+](c2ccccc2)c2ccccc2)cc1.c1ccc([PH+](c2ccccc2)c2ccccc2)cc1. The first-order chi connectivity index (χ1) is 28.3. The second kappa shape index (κ2) is 28.4. The first-order valence-electron chi connectivity index (χ1n) is 19.4. The average Bonchev–Trinajstić information content (AvgIpc) is 3.30. The summed E-state index contributed by atoms with van der Waals surface area (Å²) in [4.78, 5) is 0. The summed E-state index contributed by atoms with van der Waals surface area (Å²) in [6.45, 7) is 0. The van der Waals surface area contributed by atoms with Crippen molar-refractivity contribution in [1.29, 1.82) is 0 Å². The Morgan fingerprint density at radius 1 is 0.148 bits per heavy atom. The third-order valence-electron chi connectivity index (χ3n) is 9.56. The number of hydrogen-bond acceptors (Lipinski definition) is 0. The van der Waals surface area contributed by atoms with Crippen molar-refractivity contribution < 1.29 is 56.7 Å². The number of benzene rings is 9. The van der Waals surface area contributed by atoms with Gasteiger partial charge in [-0.1, -0.05) is 164 Å². The normalized spacial score (nSPS) is 9.89. The Bertz CT molecular complexity index is 1880. The Labute approximate surface area is 398 Å². The molecule has 9 aromatic rings. The molecule has 0 bridgehead atoms. The van der Waals surface area contributed by atoms with Crippen molar-refractivity contribution in [3.8, 4) is 0 Å². The van der Waals surface area contributed by atoms with Gasteiger partial charge in [-0.05, 0) is 109 Å². The van der Waals surface area contributed by atoms with Gasteiger partial charge in [0.25, 0.3) is 0 Å². The molecule has 9 aromatic carbocycles. The summed E-state index contributed by atoms with van der Waals surface area (Å²) in [5.41, 5.74) is 0. The molecule has 0 saturated heterocycles. The Kier molecular flexibility index (Phi) is 23.8. The molecule has 0 amide bonds. The summed E-state index contributed by atoms with van der Waals surface area (Å²) >= 11 is 0. The largest absolute Gasteiger partial charge is 1.00 e. The van der Waals surface area contributed by atoms with Crippen molar-refractivity contribution in [2.45, 2.75) is 0 Å². The van der Waals surface area contributed by atoms with Crippen molar-refractivity contribution in [1.82, 2.24) is 0 Å². The second-order valence-electron chi connectivity index (χ2n) is 13.4. The van der Waals surface area contributed by atoms with Crippen LogP contribution in [-0.2, 0) is 19.5 Å². The molecule has 0 nitrogen and oxygen atoms in total. The Hall–Kier alpha value is -4.24. The number of hydrogen-bond donors (Lipinski definition) is 0. The molecule has 0 fully saturated rings. The molecular weight excluding hydrogens is 951 g/mol. The molecule has 61 heavy (non-hydrogen) atoms. The van der Waals surface area contributed by atoms with Gasteiger partial charge < -0.3 is 37.2 Å². The summed E-state index contributed by atoms with van der Waals surface area (Å²) in [6.07, 6.45) is 0. The molecule has 7 heteroatoms. The van der Waals surface area contributed by atoms with E-state index in [1.54, 1.807) is 0 Å². The molecule has 0 heterocycles. The molecule has 309 valence electrons. The minimum absolute atomic E-state index is 0. The van der Waals surface area contributed by atoms with Crippen LogP contribution in [0.1, 0.15) is 0 Å². The summed E-state index contributed by atoms with van der Waals surface area (Å²) < 4.78 is 0. The average molecular weight is 999 g/mol. The van der Waals surface area contributed by atoms with Gasteiger partial charge in [0, 0.05) is 19.5 Å². The molecule has 0 aliphatic carbocycles. The van der Waals surface area contributed by atoms with Gasteiger partial charge in [-0.25, -0.2) is 0 Å². The standard InChI is InChI=1S/3C18H15P.3ClH.Rh/c3*1-4-10-16(11-5-1)19(17-12-6-2-7-13-17)18-14-8-3-9-15-18;;;;/h3*1-15H;3*1H;. The molecular formula is C54H48Cl3P3Rh. The minimum atomic E-state index is -0.877. The summed E-state index contributed by atoms with van der Waals surface area (Å²) in [5, 5.41) is 12.9. The van der Waals surface area contributed by atoms with Crippen LogP contribution in [0.3, 0.4) is 0 Å². The van der Waals surface area contributed by atoms with Gasteiger partial charge in [0.1, 0.15) is 47.7 Å². The quantitative estimate of drug-likeness (QED) is 0.147. The molecule has 9 rings (SSSR count). The maximum Gasteiger partial charge on any atom is 0.102 e. The first kappa shape index (κ1) is 51.1. The van der Waals surface area contributed by atoms with Gasteiger partial charge in [0.15, 0.2) is 0 Å². The van der Waals surface area contributed by atoms with Crippen LogP contribution in [0.25, 0.3) is 0 Å². The van der Waals surface area contributed by atoms with Crippen molar-refractivity contribution >= 4 is 71.5 Å². The van der Waals surface area contributed by atoms with Crippen LogP contribution in [0.4, 0.5) is 0 Å². The fourth-order valence-corrected chi connectivity index (χ4v) is 14.7. The van der Waals surface area contributed by atoms with Crippen molar-refractivity contribution in [2.24, 2.45) is 0 Å². The zero-order chi connectivity index (χ0) is 38.7. The van der Waals surface area contributed by atoms with E-state index in [1.807, 2.05) is 0 Å². The molecule has 0 N–H and O–H groups in total. The minimum Gasteiger partial charge on any atom is -1.00 e. The molecule has 0 unspecified atom stereocenters. The Morgan fingerprint density at radius 2 is 0.230 bits per heavy atom. The first-order valence-corrected chi connectivity index (χ1v) is 23.9. The zero-order valence-electron chi connectivity index (χ0n) is 33.4. The van der Waals surface area contributed by atoms with Crippen molar-refractivity contribution in [2.75, 3.05) is 0 Å². The summed E-state index contributed by atoms with van der Waals surface area (Å²) in [6, 6.07) is 97.5. The van der Waals surface area contributed by atoms with E-state index in [2.05, 4.69) is 273 Å². The van der Waals surface area contributed by atoms with Gasteiger partial charge >= 0.3 is 0 Å². The zero-order valence-corrected chi connectivity index (χ0v) is 40.4. The van der Waals surface area contributed by atoms with Gasteiger partial charge in [0.05, 0.1) is 23.8 Å². The molecule has 0 atom stereocenters. The van der Waals surface area contributed by atoms with Crippen LogP contribution < -0.4 is 85.0 Å². The van der Waals surface area contributed by atoms with E-state index in [4.69, 9.17) is 0 Å². The molecule has 0 aromatic heterocycles. The predicted octanol–water partition coefficient (Wildman–Crippen LogP) is 0.541. The monoisotopic (exact) mass is 997 g/mol. The third kappa shape index (κ3) is 15.0.